The number of aromatic nitrogens is 4. The number of halogens is 5. The van der Waals surface area contributed by atoms with Gasteiger partial charge in [-0.1, -0.05) is 0 Å². The summed E-state index contributed by atoms with van der Waals surface area (Å²) >= 11 is 0. The molecule has 2 aliphatic rings. The van der Waals surface area contributed by atoms with Gasteiger partial charge < -0.3 is 14.5 Å². The highest BCUT2D eigenvalue weighted by Crippen LogP contribution is 2.36. The minimum Gasteiger partial charge on any atom is -0.488 e. The Kier molecular flexibility index (Phi) is 5.40. The first-order valence-electron chi connectivity index (χ1n) is 10.7. The van der Waals surface area contributed by atoms with Gasteiger partial charge in [0.05, 0.1) is 12.1 Å². The zero-order valence-electron chi connectivity index (χ0n) is 18.1. The molecule has 0 bridgehead atoms. The molecule has 1 saturated heterocycles. The number of carbonyl (C=O) groups is 1. The molecule has 0 saturated carbocycles. The number of piperidine rings is 1. The van der Waals surface area contributed by atoms with E-state index in [-0.39, 0.29) is 30.9 Å². The molecule has 186 valence electrons. The van der Waals surface area contributed by atoms with E-state index < -0.39 is 43.1 Å². The third-order valence-electron chi connectivity index (χ3n) is 5.90. The van der Waals surface area contributed by atoms with Crippen LogP contribution in [-0.4, -0.2) is 68.3 Å². The van der Waals surface area contributed by atoms with Gasteiger partial charge in [0.1, 0.15) is 13.2 Å². The van der Waals surface area contributed by atoms with E-state index in [0.29, 0.717) is 28.5 Å². The second kappa shape index (κ2) is 8.20. The van der Waals surface area contributed by atoms with Crippen LogP contribution in [0.5, 0.6) is 5.75 Å². The quantitative estimate of drug-likeness (QED) is 0.517. The van der Waals surface area contributed by atoms with E-state index in [1.54, 1.807) is 4.90 Å². The van der Waals surface area contributed by atoms with Gasteiger partial charge in [0, 0.05) is 50.1 Å². The van der Waals surface area contributed by atoms with Crippen LogP contribution >= 0.6 is 0 Å². The van der Waals surface area contributed by atoms with Gasteiger partial charge >= 0.3 is 11.9 Å². The van der Waals surface area contributed by atoms with Gasteiger partial charge in [-0.2, -0.15) is 13.2 Å². The number of hydrogen-bond acceptors (Lipinski definition) is 6. The first-order chi connectivity index (χ1) is 16.5. The smallest absolute Gasteiger partial charge is 0.408 e. The molecular weight excluding hydrogens is 479 g/mol. The highest BCUT2D eigenvalue weighted by Gasteiger charge is 2.36. The molecule has 2 aliphatic heterocycles. The van der Waals surface area contributed by atoms with Crippen molar-refractivity contribution in [1.82, 2.24) is 24.1 Å². The van der Waals surface area contributed by atoms with Crippen LogP contribution in [0.25, 0.3) is 5.65 Å². The predicted molar refractivity (Wildman–Crippen MR) is 112 cm³/mol. The fraction of sp³-hybridized carbons (Fsp3) is 0.429. The van der Waals surface area contributed by atoms with Crippen LogP contribution in [-0.2, 0) is 6.54 Å². The van der Waals surface area contributed by atoms with Crippen molar-refractivity contribution >= 4 is 23.1 Å². The molecule has 35 heavy (non-hydrogen) atoms. The third kappa shape index (κ3) is 4.51. The van der Waals surface area contributed by atoms with Crippen LogP contribution in [0.15, 0.2) is 35.4 Å². The Morgan fingerprint density at radius 2 is 1.89 bits per heavy atom. The molecule has 5 rings (SSSR count). The number of ether oxygens (including phenoxy) is 1. The number of hydrogen-bond donors (Lipinski definition) is 0. The number of anilines is 2. The van der Waals surface area contributed by atoms with Crippen LogP contribution in [0, 0.1) is 0 Å². The first kappa shape index (κ1) is 23.1. The Morgan fingerprint density at radius 3 is 2.60 bits per heavy atom. The topological polar surface area (TPSA) is 85.0 Å². The Morgan fingerprint density at radius 1 is 1.14 bits per heavy atom. The third-order valence-corrected chi connectivity index (χ3v) is 5.90. The lowest BCUT2D eigenvalue weighted by Gasteiger charge is -2.32. The SMILES string of the molecule is O=C(c1cnc2c(c1)OCCN2c1ccn2c(=O)n(CC(F)(F)F)nc2c1)N1CCC(F)(F)CC1. The van der Waals surface area contributed by atoms with E-state index in [9.17, 15) is 31.5 Å². The first-order valence-corrected chi connectivity index (χ1v) is 10.7. The highest BCUT2D eigenvalue weighted by atomic mass is 19.4. The second-order valence-electron chi connectivity index (χ2n) is 8.36. The summed E-state index contributed by atoms with van der Waals surface area (Å²) in [5, 5.41) is 3.77. The molecule has 3 aromatic heterocycles. The van der Waals surface area contributed by atoms with E-state index in [0.717, 1.165) is 4.40 Å². The largest absolute Gasteiger partial charge is 0.488 e. The molecule has 0 radical (unpaired) electrons. The predicted octanol–water partition coefficient (Wildman–Crippen LogP) is 2.86. The monoisotopic (exact) mass is 498 g/mol. The van der Waals surface area contributed by atoms with Crippen LogP contribution < -0.4 is 15.3 Å². The molecule has 5 heterocycles. The van der Waals surface area contributed by atoms with Crippen molar-refractivity contribution in [2.45, 2.75) is 31.5 Å². The zero-order chi connectivity index (χ0) is 25.0. The minimum atomic E-state index is -4.60. The van der Waals surface area contributed by atoms with Gasteiger partial charge in [-0.25, -0.2) is 23.2 Å². The lowest BCUT2D eigenvalue weighted by Crippen LogP contribution is -2.42. The lowest BCUT2D eigenvalue weighted by molar-refractivity contribution is -0.143. The van der Waals surface area contributed by atoms with Gasteiger partial charge in [0.25, 0.3) is 11.8 Å². The van der Waals surface area contributed by atoms with Crippen molar-refractivity contribution in [3.63, 3.8) is 0 Å². The molecular formula is C21H19F5N6O3. The molecule has 0 spiro atoms. The number of alkyl halides is 5. The Labute approximate surface area is 194 Å². The molecule has 0 aromatic carbocycles. The summed E-state index contributed by atoms with van der Waals surface area (Å²) in [6, 6.07) is 4.49. The average molecular weight is 498 g/mol. The van der Waals surface area contributed by atoms with Gasteiger partial charge in [0.2, 0.25) is 0 Å². The Bertz CT molecular complexity index is 1340. The molecule has 0 unspecified atom stereocenters. The van der Waals surface area contributed by atoms with E-state index in [4.69, 9.17) is 4.74 Å². The lowest BCUT2D eigenvalue weighted by atomic mass is 10.1. The number of carbonyl (C=O) groups excluding carboxylic acids is 1. The summed E-state index contributed by atoms with van der Waals surface area (Å²) in [7, 11) is 0. The molecule has 0 aliphatic carbocycles. The zero-order valence-corrected chi connectivity index (χ0v) is 18.1. The van der Waals surface area contributed by atoms with Gasteiger partial charge in [0.15, 0.2) is 17.2 Å². The van der Waals surface area contributed by atoms with E-state index in [2.05, 4.69) is 10.1 Å². The summed E-state index contributed by atoms with van der Waals surface area (Å²) in [6.07, 6.45) is -2.73. The molecule has 1 amide bonds. The molecule has 1 fully saturated rings. The molecule has 14 heteroatoms. The summed E-state index contributed by atoms with van der Waals surface area (Å²) in [4.78, 5) is 32.4. The van der Waals surface area contributed by atoms with Crippen LogP contribution in [0.3, 0.4) is 0 Å². The minimum absolute atomic E-state index is 0.0264. The second-order valence-corrected chi connectivity index (χ2v) is 8.36. The number of nitrogens with zero attached hydrogens (tertiary/aromatic N) is 6. The van der Waals surface area contributed by atoms with Crippen LogP contribution in [0.4, 0.5) is 33.5 Å². The molecule has 3 aromatic rings. The van der Waals surface area contributed by atoms with Crippen LogP contribution in [0.2, 0.25) is 0 Å². The summed E-state index contributed by atoms with van der Waals surface area (Å²) in [6.45, 7) is -1.05. The van der Waals surface area contributed by atoms with Crippen LogP contribution in [0.1, 0.15) is 23.2 Å². The van der Waals surface area contributed by atoms with Crippen molar-refractivity contribution < 1.29 is 31.5 Å². The number of rotatable bonds is 3. The summed E-state index contributed by atoms with van der Waals surface area (Å²) < 4.78 is 72.0. The maximum Gasteiger partial charge on any atom is 0.408 e. The van der Waals surface area contributed by atoms with E-state index in [1.807, 2.05) is 0 Å². The molecule has 0 N–H and O–H groups in total. The standard InChI is InChI=1S/C21H19F5N6O3/c22-20(23)2-5-29(6-3-20)18(33)13-9-15-17(27-11-13)30(7-8-35-15)14-1-4-31-16(10-14)28-32(19(31)34)12-21(24,25)26/h1,4,9-11H,2-3,5-8,12H2. The fourth-order valence-electron chi connectivity index (χ4n) is 4.13. The van der Waals surface area contributed by atoms with Crippen molar-refractivity contribution in [3.8, 4) is 5.75 Å². The van der Waals surface area contributed by atoms with Crippen molar-refractivity contribution in [3.05, 3.63) is 46.6 Å². The van der Waals surface area contributed by atoms with Crippen molar-refractivity contribution in [2.75, 3.05) is 31.1 Å². The van der Waals surface area contributed by atoms with Crippen molar-refractivity contribution in [2.24, 2.45) is 0 Å². The number of likely N-dealkylation sites (tertiary alicyclic amines) is 1. The molecule has 9 nitrogen and oxygen atoms in total. The maximum atomic E-state index is 13.4. The van der Waals surface area contributed by atoms with E-state index >= 15 is 0 Å². The van der Waals surface area contributed by atoms with Gasteiger partial charge in [-0.15, -0.1) is 5.10 Å². The Hall–Kier alpha value is -3.71. The number of pyridine rings is 2. The van der Waals surface area contributed by atoms with Crippen molar-refractivity contribution in [1.29, 1.82) is 0 Å². The van der Waals surface area contributed by atoms with Gasteiger partial charge in [-0.3, -0.25) is 9.20 Å². The van der Waals surface area contributed by atoms with E-state index in [1.165, 1.54) is 35.5 Å². The highest BCUT2D eigenvalue weighted by molar-refractivity contribution is 5.95. The summed E-state index contributed by atoms with van der Waals surface area (Å²) in [5.41, 5.74) is -0.179. The molecule has 0 atom stereocenters. The average Bonchev–Trinajstić information content (AvgIpc) is 3.10. The number of fused-ring (bicyclic) bond motifs is 2. The maximum absolute atomic E-state index is 13.4. The summed E-state index contributed by atoms with van der Waals surface area (Å²) in [5.74, 6) is -2.54. The van der Waals surface area contributed by atoms with Gasteiger partial charge in [-0.05, 0) is 12.1 Å². The number of amides is 1. The fourth-order valence-corrected chi connectivity index (χ4v) is 4.13. The normalized spacial score (nSPS) is 17.9. The Balaban J connectivity index is 1.41.